The molecule has 17 heavy (non-hydrogen) atoms. The maximum Gasteiger partial charge on any atom is 0.323 e. The first-order valence-corrected chi connectivity index (χ1v) is 6.33. The first-order valence-electron chi connectivity index (χ1n) is 4.85. The van der Waals surface area contributed by atoms with Crippen molar-refractivity contribution in [3.8, 4) is 0 Å². The Labute approximate surface area is 101 Å². The Morgan fingerprint density at radius 3 is 2.29 bits per heavy atom. The zero-order valence-corrected chi connectivity index (χ0v) is 11.0. The van der Waals surface area contributed by atoms with Crippen molar-refractivity contribution in [1.29, 1.82) is 0 Å². The second-order valence-corrected chi connectivity index (χ2v) is 4.81. The maximum atomic E-state index is 11.5. The SMILES string of the molecule is COOCC(C)NS(=O)(=O)NC(C)C(=O)OC. The summed E-state index contributed by atoms with van der Waals surface area (Å²) in [6, 6.07) is -1.47. The van der Waals surface area contributed by atoms with Gasteiger partial charge in [-0.05, 0) is 13.8 Å². The lowest BCUT2D eigenvalue weighted by atomic mass is 10.4. The van der Waals surface area contributed by atoms with E-state index in [1.807, 2.05) is 0 Å². The van der Waals surface area contributed by atoms with Gasteiger partial charge in [0.15, 0.2) is 0 Å². The van der Waals surface area contributed by atoms with Gasteiger partial charge in [0.25, 0.3) is 10.2 Å². The van der Waals surface area contributed by atoms with Crippen LogP contribution in [0.2, 0.25) is 0 Å². The van der Waals surface area contributed by atoms with Gasteiger partial charge < -0.3 is 4.74 Å². The van der Waals surface area contributed by atoms with E-state index in [1.54, 1.807) is 6.92 Å². The van der Waals surface area contributed by atoms with E-state index in [2.05, 4.69) is 24.0 Å². The average Bonchev–Trinajstić information content (AvgIpc) is 2.23. The Morgan fingerprint density at radius 1 is 1.24 bits per heavy atom. The van der Waals surface area contributed by atoms with Crippen molar-refractivity contribution in [2.24, 2.45) is 0 Å². The third-order valence-electron chi connectivity index (χ3n) is 1.68. The zero-order valence-electron chi connectivity index (χ0n) is 10.2. The largest absolute Gasteiger partial charge is 0.468 e. The highest BCUT2D eigenvalue weighted by Gasteiger charge is 2.22. The summed E-state index contributed by atoms with van der Waals surface area (Å²) in [5.74, 6) is -0.670. The molecule has 2 unspecified atom stereocenters. The van der Waals surface area contributed by atoms with Crippen molar-refractivity contribution in [1.82, 2.24) is 9.44 Å². The van der Waals surface area contributed by atoms with Crippen LogP contribution in [0.15, 0.2) is 0 Å². The van der Waals surface area contributed by atoms with Gasteiger partial charge in [0.1, 0.15) is 6.04 Å². The van der Waals surface area contributed by atoms with E-state index in [0.29, 0.717) is 0 Å². The lowest BCUT2D eigenvalue weighted by Gasteiger charge is -2.16. The highest BCUT2D eigenvalue weighted by atomic mass is 32.2. The summed E-state index contributed by atoms with van der Waals surface area (Å²) in [4.78, 5) is 19.9. The number of nitrogens with one attached hydrogen (secondary N) is 2. The first-order chi connectivity index (χ1) is 7.82. The molecule has 0 aromatic rings. The number of carbonyl (C=O) groups excluding carboxylic acids is 1. The molecule has 8 nitrogen and oxygen atoms in total. The van der Waals surface area contributed by atoms with Crippen LogP contribution in [0.3, 0.4) is 0 Å². The molecule has 0 heterocycles. The van der Waals surface area contributed by atoms with E-state index in [-0.39, 0.29) is 6.61 Å². The molecule has 0 aliphatic rings. The van der Waals surface area contributed by atoms with Crippen LogP contribution < -0.4 is 9.44 Å². The molecule has 0 spiro atoms. The number of methoxy groups -OCH3 is 1. The second-order valence-electron chi connectivity index (χ2n) is 3.34. The Kier molecular flexibility index (Phi) is 7.23. The molecule has 0 amide bonds. The third kappa shape index (κ3) is 7.23. The van der Waals surface area contributed by atoms with E-state index in [9.17, 15) is 13.2 Å². The predicted octanol–water partition coefficient (Wildman–Crippen LogP) is -1.06. The van der Waals surface area contributed by atoms with Gasteiger partial charge in [-0.1, -0.05) is 0 Å². The van der Waals surface area contributed by atoms with Gasteiger partial charge >= 0.3 is 5.97 Å². The quantitative estimate of drug-likeness (QED) is 0.331. The fraction of sp³-hybridized carbons (Fsp3) is 0.875. The fourth-order valence-electron chi connectivity index (χ4n) is 0.961. The summed E-state index contributed by atoms with van der Waals surface area (Å²) in [6.07, 6.45) is 0. The lowest BCUT2D eigenvalue weighted by Crippen LogP contribution is -2.48. The van der Waals surface area contributed by atoms with E-state index >= 15 is 0 Å². The second kappa shape index (κ2) is 7.56. The monoisotopic (exact) mass is 270 g/mol. The molecule has 0 saturated carbocycles. The molecule has 0 radical (unpaired) electrons. The minimum atomic E-state index is -3.80. The summed E-state index contributed by atoms with van der Waals surface area (Å²) in [6.45, 7) is 3.01. The van der Waals surface area contributed by atoms with Crippen LogP contribution in [0.1, 0.15) is 13.8 Å². The van der Waals surface area contributed by atoms with Crippen LogP contribution >= 0.6 is 0 Å². The molecule has 2 atom stereocenters. The molecular formula is C8H18N2O6S. The lowest BCUT2D eigenvalue weighted by molar-refractivity contribution is -0.274. The van der Waals surface area contributed by atoms with Gasteiger partial charge in [-0.2, -0.15) is 17.9 Å². The van der Waals surface area contributed by atoms with Gasteiger partial charge in [0.2, 0.25) is 0 Å². The van der Waals surface area contributed by atoms with Gasteiger partial charge in [-0.3, -0.25) is 4.79 Å². The Morgan fingerprint density at radius 2 is 1.82 bits per heavy atom. The third-order valence-corrected chi connectivity index (χ3v) is 3.06. The molecule has 0 saturated heterocycles. The number of carbonyl (C=O) groups is 1. The summed E-state index contributed by atoms with van der Waals surface area (Å²) in [7, 11) is -1.31. The Bertz CT molecular complexity index is 331. The van der Waals surface area contributed by atoms with E-state index < -0.39 is 28.3 Å². The molecule has 0 fully saturated rings. The number of esters is 1. The molecule has 0 bridgehead atoms. The van der Waals surface area contributed by atoms with Crippen LogP contribution in [-0.2, 0) is 29.5 Å². The van der Waals surface area contributed by atoms with Crippen LogP contribution in [0.4, 0.5) is 0 Å². The highest BCUT2D eigenvalue weighted by Crippen LogP contribution is 1.92. The molecule has 102 valence electrons. The predicted molar refractivity (Wildman–Crippen MR) is 59.1 cm³/mol. The first kappa shape index (κ1) is 16.3. The smallest absolute Gasteiger partial charge is 0.323 e. The summed E-state index contributed by atoms with van der Waals surface area (Å²) in [5.41, 5.74) is 0. The van der Waals surface area contributed by atoms with Crippen molar-refractivity contribution in [3.05, 3.63) is 0 Å². The molecule has 0 aromatic carbocycles. The Hall–Kier alpha value is -0.740. The molecule has 0 aromatic heterocycles. The van der Waals surface area contributed by atoms with Gasteiger partial charge in [0, 0.05) is 6.04 Å². The fourth-order valence-corrected chi connectivity index (χ4v) is 2.19. The normalized spacial score (nSPS) is 15.3. The van der Waals surface area contributed by atoms with Crippen molar-refractivity contribution >= 4 is 16.2 Å². The molecule has 9 heteroatoms. The summed E-state index contributed by atoms with van der Waals surface area (Å²) < 4.78 is 31.8. The van der Waals surface area contributed by atoms with Crippen LogP contribution in [-0.4, -0.2) is 47.3 Å². The number of rotatable bonds is 8. The summed E-state index contributed by atoms with van der Waals surface area (Å²) >= 11 is 0. The molecule has 0 rings (SSSR count). The molecular weight excluding hydrogens is 252 g/mol. The summed E-state index contributed by atoms with van der Waals surface area (Å²) in [5, 5.41) is 0. The van der Waals surface area contributed by atoms with Crippen molar-refractivity contribution < 1.29 is 27.7 Å². The van der Waals surface area contributed by atoms with Crippen LogP contribution in [0.25, 0.3) is 0 Å². The molecule has 0 aliphatic heterocycles. The number of ether oxygens (including phenoxy) is 1. The van der Waals surface area contributed by atoms with E-state index in [0.717, 1.165) is 0 Å². The maximum absolute atomic E-state index is 11.5. The molecule has 2 N–H and O–H groups in total. The van der Waals surface area contributed by atoms with Gasteiger partial charge in [-0.15, -0.1) is 0 Å². The Balaban J connectivity index is 4.24. The number of hydrogen-bond acceptors (Lipinski definition) is 6. The zero-order chi connectivity index (χ0) is 13.5. The van der Waals surface area contributed by atoms with Gasteiger partial charge in [0.05, 0.1) is 20.8 Å². The van der Waals surface area contributed by atoms with Crippen molar-refractivity contribution in [3.63, 3.8) is 0 Å². The topological polar surface area (TPSA) is 103 Å². The van der Waals surface area contributed by atoms with E-state index in [1.165, 1.54) is 21.1 Å². The van der Waals surface area contributed by atoms with E-state index in [4.69, 9.17) is 0 Å². The van der Waals surface area contributed by atoms with Crippen molar-refractivity contribution in [2.75, 3.05) is 20.8 Å². The van der Waals surface area contributed by atoms with Crippen LogP contribution in [0, 0.1) is 0 Å². The van der Waals surface area contributed by atoms with Crippen molar-refractivity contribution in [2.45, 2.75) is 25.9 Å². The minimum absolute atomic E-state index is 0.0456. The van der Waals surface area contributed by atoms with Crippen LogP contribution in [0.5, 0.6) is 0 Å². The number of hydrogen-bond donors (Lipinski definition) is 2. The van der Waals surface area contributed by atoms with Gasteiger partial charge in [-0.25, -0.2) is 9.78 Å². The highest BCUT2D eigenvalue weighted by molar-refractivity contribution is 7.87. The average molecular weight is 270 g/mol. The molecule has 0 aliphatic carbocycles. The minimum Gasteiger partial charge on any atom is -0.468 e. The standard InChI is InChI=1S/C8H18N2O6S/c1-6(5-16-15-4)9-17(12,13)10-7(2)8(11)14-3/h6-7,9-10H,5H2,1-4H3.